The van der Waals surface area contributed by atoms with Crippen LogP contribution in [-0.2, 0) is 26.1 Å². The van der Waals surface area contributed by atoms with Gasteiger partial charge in [-0.3, -0.25) is 4.79 Å². The number of nitrogens with zero attached hydrogens (tertiary/aromatic N) is 3. The van der Waals surface area contributed by atoms with Crippen molar-refractivity contribution in [2.45, 2.75) is 11.4 Å². The number of hydrogen-bond acceptors (Lipinski definition) is 5. The van der Waals surface area contributed by atoms with Gasteiger partial charge >= 0.3 is 0 Å². The molecule has 166 valence electrons. The predicted molar refractivity (Wildman–Crippen MR) is 121 cm³/mol. The van der Waals surface area contributed by atoms with Gasteiger partial charge in [-0.25, -0.2) is 13.1 Å². The van der Waals surface area contributed by atoms with E-state index in [1.165, 1.54) is 10.4 Å². The van der Waals surface area contributed by atoms with Gasteiger partial charge in [0.25, 0.3) is 0 Å². The van der Waals surface area contributed by atoms with E-state index in [0.717, 1.165) is 11.1 Å². The molecule has 1 aromatic heterocycles. The molecule has 1 N–H and O–H groups in total. The number of nitrogens with one attached hydrogen (secondary N) is 1. The Balaban J connectivity index is 1.38. The van der Waals surface area contributed by atoms with Gasteiger partial charge in [0.05, 0.1) is 30.9 Å². The summed E-state index contributed by atoms with van der Waals surface area (Å²) in [6.45, 7) is 2.06. The number of morpholine rings is 1. The standard InChI is InChI=1S/C23H24N4O4S/c28-23(25-22-12-13-24-27(22)18-20-4-2-1-3-5-20)11-8-19-6-9-21(10-7-19)32(29,30)26-14-16-31-17-15-26/h1-13H,14-18H2,(H,25,28). The highest BCUT2D eigenvalue weighted by atomic mass is 32.2. The van der Waals surface area contributed by atoms with E-state index in [0.29, 0.717) is 38.7 Å². The Morgan fingerprint density at radius 1 is 1.03 bits per heavy atom. The van der Waals surface area contributed by atoms with Crippen molar-refractivity contribution in [2.24, 2.45) is 0 Å². The van der Waals surface area contributed by atoms with Gasteiger partial charge in [0.2, 0.25) is 15.9 Å². The molecule has 0 atom stereocenters. The SMILES string of the molecule is O=C(C=Cc1ccc(S(=O)(=O)N2CCOCC2)cc1)Nc1ccnn1Cc1ccccc1. The maximum absolute atomic E-state index is 12.7. The maximum atomic E-state index is 12.7. The molecule has 1 aliphatic rings. The van der Waals surface area contributed by atoms with E-state index in [1.54, 1.807) is 47.3 Å². The summed E-state index contributed by atoms with van der Waals surface area (Å²) in [5.74, 6) is 0.292. The Labute approximate surface area is 187 Å². The maximum Gasteiger partial charge on any atom is 0.249 e. The minimum atomic E-state index is -3.53. The normalized spacial score (nSPS) is 15.1. The van der Waals surface area contributed by atoms with Crippen LogP contribution < -0.4 is 5.32 Å². The second kappa shape index (κ2) is 9.90. The minimum Gasteiger partial charge on any atom is -0.379 e. The number of aromatic nitrogens is 2. The summed E-state index contributed by atoms with van der Waals surface area (Å²) >= 11 is 0. The molecule has 0 bridgehead atoms. The first kappa shape index (κ1) is 21.9. The summed E-state index contributed by atoms with van der Waals surface area (Å²) in [5, 5.41) is 7.08. The van der Waals surface area contributed by atoms with E-state index in [2.05, 4.69) is 10.4 Å². The van der Waals surface area contributed by atoms with Crippen molar-refractivity contribution in [1.82, 2.24) is 14.1 Å². The number of sulfonamides is 1. The van der Waals surface area contributed by atoms with Gasteiger partial charge < -0.3 is 10.1 Å². The van der Waals surface area contributed by atoms with Gasteiger partial charge in [-0.1, -0.05) is 42.5 Å². The zero-order valence-electron chi connectivity index (χ0n) is 17.4. The Morgan fingerprint density at radius 3 is 2.47 bits per heavy atom. The molecule has 0 saturated carbocycles. The van der Waals surface area contributed by atoms with Crippen LogP contribution in [0.3, 0.4) is 0 Å². The average molecular weight is 453 g/mol. The Hall–Kier alpha value is -3.27. The number of hydrogen-bond donors (Lipinski definition) is 1. The third-order valence-corrected chi connectivity index (χ3v) is 6.97. The van der Waals surface area contributed by atoms with Crippen molar-refractivity contribution in [3.63, 3.8) is 0 Å². The number of carbonyl (C=O) groups excluding carboxylic acids is 1. The Bertz CT molecular complexity index is 1180. The number of rotatable bonds is 7. The third-order valence-electron chi connectivity index (χ3n) is 5.06. The molecule has 3 aromatic rings. The smallest absolute Gasteiger partial charge is 0.249 e. The average Bonchev–Trinajstić information content (AvgIpc) is 3.25. The fourth-order valence-electron chi connectivity index (χ4n) is 3.35. The molecule has 1 saturated heterocycles. The van der Waals surface area contributed by atoms with E-state index in [9.17, 15) is 13.2 Å². The predicted octanol–water partition coefficient (Wildman–Crippen LogP) is 2.60. The molecule has 0 unspecified atom stereocenters. The Morgan fingerprint density at radius 2 is 1.75 bits per heavy atom. The molecule has 0 radical (unpaired) electrons. The lowest BCUT2D eigenvalue weighted by Gasteiger charge is -2.26. The van der Waals surface area contributed by atoms with E-state index in [1.807, 2.05) is 30.3 Å². The van der Waals surface area contributed by atoms with Crippen molar-refractivity contribution < 1.29 is 17.9 Å². The molecule has 4 rings (SSSR count). The highest BCUT2D eigenvalue weighted by Gasteiger charge is 2.25. The van der Waals surface area contributed by atoms with Gasteiger partial charge in [-0.15, -0.1) is 0 Å². The van der Waals surface area contributed by atoms with Crippen LogP contribution in [0.25, 0.3) is 6.08 Å². The van der Waals surface area contributed by atoms with Crippen LogP contribution in [0.4, 0.5) is 5.82 Å². The van der Waals surface area contributed by atoms with Crippen LogP contribution in [0.5, 0.6) is 0 Å². The summed E-state index contributed by atoms with van der Waals surface area (Å²) in [4.78, 5) is 12.6. The number of carbonyl (C=O) groups is 1. The highest BCUT2D eigenvalue weighted by Crippen LogP contribution is 2.18. The zero-order valence-corrected chi connectivity index (χ0v) is 18.2. The van der Waals surface area contributed by atoms with Crippen molar-refractivity contribution in [2.75, 3.05) is 31.6 Å². The van der Waals surface area contributed by atoms with E-state index in [-0.39, 0.29) is 10.8 Å². The van der Waals surface area contributed by atoms with Crippen molar-refractivity contribution in [1.29, 1.82) is 0 Å². The highest BCUT2D eigenvalue weighted by molar-refractivity contribution is 7.89. The minimum absolute atomic E-state index is 0.228. The second-order valence-corrected chi connectivity index (χ2v) is 9.21. The summed E-state index contributed by atoms with van der Waals surface area (Å²) < 4.78 is 33.7. The van der Waals surface area contributed by atoms with Crippen molar-refractivity contribution in [3.8, 4) is 0 Å². The molecule has 0 aliphatic carbocycles. The molecule has 1 fully saturated rings. The molecule has 1 aliphatic heterocycles. The van der Waals surface area contributed by atoms with E-state index < -0.39 is 10.0 Å². The van der Waals surface area contributed by atoms with Gasteiger partial charge in [0, 0.05) is 25.2 Å². The lowest BCUT2D eigenvalue weighted by atomic mass is 10.2. The number of anilines is 1. The quantitative estimate of drug-likeness (QED) is 0.556. The molecule has 1 amide bonds. The number of benzene rings is 2. The molecule has 0 spiro atoms. The molecule has 9 heteroatoms. The summed E-state index contributed by atoms with van der Waals surface area (Å²) in [6.07, 6.45) is 4.68. The topological polar surface area (TPSA) is 93.5 Å². The van der Waals surface area contributed by atoms with Gasteiger partial charge in [-0.2, -0.15) is 9.40 Å². The first-order valence-electron chi connectivity index (χ1n) is 10.3. The number of ether oxygens (including phenoxy) is 1. The lowest BCUT2D eigenvalue weighted by Crippen LogP contribution is -2.40. The van der Waals surface area contributed by atoms with E-state index >= 15 is 0 Å². The molecule has 8 nitrogen and oxygen atoms in total. The molecule has 2 heterocycles. The van der Waals surface area contributed by atoms with Crippen LogP contribution >= 0.6 is 0 Å². The second-order valence-electron chi connectivity index (χ2n) is 7.27. The first-order chi connectivity index (χ1) is 15.5. The monoisotopic (exact) mass is 452 g/mol. The molecule has 2 aromatic carbocycles. The Kier molecular flexibility index (Phi) is 6.79. The van der Waals surface area contributed by atoms with Crippen LogP contribution in [0.15, 0.2) is 77.8 Å². The fourth-order valence-corrected chi connectivity index (χ4v) is 4.76. The number of amides is 1. The largest absolute Gasteiger partial charge is 0.379 e. The van der Waals surface area contributed by atoms with E-state index in [4.69, 9.17) is 4.74 Å². The van der Waals surface area contributed by atoms with Gasteiger partial charge in [0.15, 0.2) is 0 Å². The van der Waals surface area contributed by atoms with Crippen LogP contribution in [0, 0.1) is 0 Å². The molecular weight excluding hydrogens is 428 g/mol. The first-order valence-corrected chi connectivity index (χ1v) is 11.7. The summed E-state index contributed by atoms with van der Waals surface area (Å²) in [6, 6.07) is 18.0. The van der Waals surface area contributed by atoms with Gasteiger partial charge in [0.1, 0.15) is 5.82 Å². The summed E-state index contributed by atoms with van der Waals surface area (Å²) in [5.41, 5.74) is 1.80. The van der Waals surface area contributed by atoms with Crippen LogP contribution in [0.1, 0.15) is 11.1 Å². The fraction of sp³-hybridized carbons (Fsp3) is 0.217. The third kappa shape index (κ3) is 5.31. The van der Waals surface area contributed by atoms with Crippen molar-refractivity contribution >= 4 is 27.8 Å². The summed E-state index contributed by atoms with van der Waals surface area (Å²) in [7, 11) is -3.53. The van der Waals surface area contributed by atoms with Crippen LogP contribution in [-0.4, -0.2) is 54.7 Å². The zero-order chi connectivity index (χ0) is 22.4. The molecular formula is C23H24N4O4S. The van der Waals surface area contributed by atoms with Gasteiger partial charge in [-0.05, 0) is 29.3 Å². The van der Waals surface area contributed by atoms with Crippen molar-refractivity contribution in [3.05, 3.63) is 84.1 Å². The lowest BCUT2D eigenvalue weighted by molar-refractivity contribution is -0.111. The molecule has 32 heavy (non-hydrogen) atoms. The van der Waals surface area contributed by atoms with Crippen LogP contribution in [0.2, 0.25) is 0 Å².